The number of ether oxygens (including phenoxy) is 1. The molecule has 2 aromatic rings. The van der Waals surface area contributed by atoms with Crippen LogP contribution in [-0.2, 0) is 4.74 Å². The van der Waals surface area contributed by atoms with Crippen molar-refractivity contribution in [1.29, 1.82) is 0 Å². The second-order valence-corrected chi connectivity index (χ2v) is 9.57. The van der Waals surface area contributed by atoms with Gasteiger partial charge >= 0.3 is 6.09 Å². The highest BCUT2D eigenvalue weighted by atomic mass is 16.6. The molecule has 1 aliphatic heterocycles. The Kier molecular flexibility index (Phi) is 6.11. The fraction of sp³-hybridized carbons (Fsp3) is 0.625. The maximum absolute atomic E-state index is 12.6. The number of likely N-dealkylation sites (tertiary alicyclic amines) is 1. The number of carbonyl (C=O) groups excluding carboxylic acids is 1. The van der Waals surface area contributed by atoms with Gasteiger partial charge in [0, 0.05) is 24.7 Å². The normalized spacial score (nSPS) is 22.8. The molecular weight excluding hydrogens is 376 g/mol. The number of pyridine rings is 1. The Balaban J connectivity index is 1.63. The van der Waals surface area contributed by atoms with E-state index in [1.807, 2.05) is 37.9 Å². The zero-order chi connectivity index (χ0) is 21.1. The molecule has 1 fully saturated rings. The van der Waals surface area contributed by atoms with Crippen LogP contribution in [0.3, 0.4) is 0 Å². The van der Waals surface area contributed by atoms with Crippen molar-refractivity contribution < 1.29 is 9.53 Å². The van der Waals surface area contributed by atoms with Crippen LogP contribution >= 0.6 is 0 Å². The first-order chi connectivity index (χ1) is 14.4. The minimum Gasteiger partial charge on any atom is -0.444 e. The minimum atomic E-state index is -0.484. The van der Waals surface area contributed by atoms with Gasteiger partial charge in [-0.25, -0.2) is 14.5 Å². The molecule has 2 aromatic heterocycles. The lowest BCUT2D eigenvalue weighted by molar-refractivity contribution is 0.0169. The lowest BCUT2D eigenvalue weighted by atomic mass is 9.97. The summed E-state index contributed by atoms with van der Waals surface area (Å²) in [7, 11) is 0. The van der Waals surface area contributed by atoms with E-state index in [1.165, 1.54) is 31.3 Å². The SMILES string of the molecule is CC(C)(C)OC(=O)N1CCCC(n2nc(/C3=C/CCCCCC3)c3cccnc32)C1. The third-order valence-corrected chi connectivity index (χ3v) is 5.96. The zero-order valence-corrected chi connectivity index (χ0v) is 18.6. The molecule has 4 rings (SSSR count). The standard InChI is InChI=1S/C24H34N4O2/c1-24(2,3)30-23(29)27-16-10-13-19(17-27)28-22-20(14-9-15-25-22)21(26-28)18-11-7-5-4-6-8-12-18/h9,11,14-15,19H,4-8,10,12-13,16-17H2,1-3H3/b18-11+. The summed E-state index contributed by atoms with van der Waals surface area (Å²) in [6.45, 7) is 7.07. The first-order valence-electron chi connectivity index (χ1n) is 11.4. The number of piperidine rings is 1. The summed E-state index contributed by atoms with van der Waals surface area (Å²) in [5.74, 6) is 0. The van der Waals surface area contributed by atoms with E-state index in [1.54, 1.807) is 0 Å². The number of rotatable bonds is 2. The van der Waals surface area contributed by atoms with Gasteiger partial charge in [0.1, 0.15) is 5.60 Å². The summed E-state index contributed by atoms with van der Waals surface area (Å²) >= 11 is 0. The molecule has 1 unspecified atom stereocenters. The van der Waals surface area contributed by atoms with Crippen molar-refractivity contribution in [3.05, 3.63) is 30.1 Å². The van der Waals surface area contributed by atoms with Crippen LogP contribution in [0.5, 0.6) is 0 Å². The summed E-state index contributed by atoms with van der Waals surface area (Å²) < 4.78 is 7.68. The first kappa shape index (κ1) is 20.9. The Bertz CT molecular complexity index is 925. The number of carbonyl (C=O) groups is 1. The molecule has 1 aliphatic carbocycles. The van der Waals surface area contributed by atoms with Crippen LogP contribution in [0.25, 0.3) is 16.6 Å². The number of hydrogen-bond acceptors (Lipinski definition) is 4. The molecular formula is C24H34N4O2. The van der Waals surface area contributed by atoms with Crippen LogP contribution in [-0.4, -0.2) is 44.4 Å². The summed E-state index contributed by atoms with van der Waals surface area (Å²) in [5.41, 5.74) is 2.87. The van der Waals surface area contributed by atoms with Gasteiger partial charge in [-0.3, -0.25) is 0 Å². The van der Waals surface area contributed by atoms with E-state index in [9.17, 15) is 4.79 Å². The fourth-order valence-corrected chi connectivity index (χ4v) is 4.52. The van der Waals surface area contributed by atoms with Crippen molar-refractivity contribution in [1.82, 2.24) is 19.7 Å². The molecule has 0 radical (unpaired) electrons. The van der Waals surface area contributed by atoms with Gasteiger partial charge < -0.3 is 9.64 Å². The van der Waals surface area contributed by atoms with Gasteiger partial charge in [-0.1, -0.05) is 18.9 Å². The van der Waals surface area contributed by atoms with Gasteiger partial charge in [-0.05, 0) is 77.0 Å². The highest BCUT2D eigenvalue weighted by Gasteiger charge is 2.30. The van der Waals surface area contributed by atoms with Crippen molar-refractivity contribution in [2.75, 3.05) is 13.1 Å². The first-order valence-corrected chi connectivity index (χ1v) is 11.4. The van der Waals surface area contributed by atoms with Gasteiger partial charge in [-0.2, -0.15) is 5.10 Å². The smallest absolute Gasteiger partial charge is 0.410 e. The van der Waals surface area contributed by atoms with Gasteiger partial charge in [0.15, 0.2) is 5.65 Å². The third kappa shape index (κ3) is 4.68. The Morgan fingerprint density at radius 3 is 2.83 bits per heavy atom. The number of hydrogen-bond donors (Lipinski definition) is 0. The number of amides is 1. The zero-order valence-electron chi connectivity index (χ0n) is 18.6. The third-order valence-electron chi connectivity index (χ3n) is 5.96. The second kappa shape index (κ2) is 8.78. The quantitative estimate of drug-likeness (QED) is 0.633. The van der Waals surface area contributed by atoms with Crippen molar-refractivity contribution in [3.8, 4) is 0 Å². The molecule has 1 atom stereocenters. The maximum Gasteiger partial charge on any atom is 0.410 e. The van der Waals surface area contributed by atoms with E-state index in [0.29, 0.717) is 6.54 Å². The van der Waals surface area contributed by atoms with Crippen molar-refractivity contribution in [3.63, 3.8) is 0 Å². The molecule has 30 heavy (non-hydrogen) atoms. The molecule has 1 amide bonds. The molecule has 1 saturated heterocycles. The predicted molar refractivity (Wildman–Crippen MR) is 119 cm³/mol. The van der Waals surface area contributed by atoms with Crippen LogP contribution < -0.4 is 0 Å². The molecule has 0 aromatic carbocycles. The number of nitrogens with zero attached hydrogens (tertiary/aromatic N) is 4. The molecule has 6 heteroatoms. The largest absolute Gasteiger partial charge is 0.444 e. The Hall–Kier alpha value is -2.37. The van der Waals surface area contributed by atoms with E-state index < -0.39 is 5.60 Å². The Morgan fingerprint density at radius 1 is 1.17 bits per heavy atom. The molecule has 0 spiro atoms. The molecule has 2 aliphatic rings. The minimum absolute atomic E-state index is 0.117. The summed E-state index contributed by atoms with van der Waals surface area (Å²) in [5, 5.41) is 6.21. The van der Waals surface area contributed by atoms with Crippen LogP contribution in [0.1, 0.15) is 83.9 Å². The van der Waals surface area contributed by atoms with Gasteiger partial charge in [0.05, 0.1) is 11.7 Å². The van der Waals surface area contributed by atoms with Crippen molar-refractivity contribution in [2.24, 2.45) is 0 Å². The van der Waals surface area contributed by atoms with Gasteiger partial charge in [-0.15, -0.1) is 0 Å². The van der Waals surface area contributed by atoms with Crippen molar-refractivity contribution in [2.45, 2.75) is 83.8 Å². The topological polar surface area (TPSA) is 60.2 Å². The average molecular weight is 411 g/mol. The van der Waals surface area contributed by atoms with Gasteiger partial charge in [0.25, 0.3) is 0 Å². The highest BCUT2D eigenvalue weighted by Crippen LogP contribution is 2.33. The fourth-order valence-electron chi connectivity index (χ4n) is 4.52. The summed E-state index contributed by atoms with van der Waals surface area (Å²) in [6.07, 6.45) is 13.2. The summed E-state index contributed by atoms with van der Waals surface area (Å²) in [6, 6.07) is 4.25. The lowest BCUT2D eigenvalue weighted by Gasteiger charge is -2.34. The Labute approximate surface area is 179 Å². The van der Waals surface area contributed by atoms with Crippen molar-refractivity contribution >= 4 is 22.7 Å². The van der Waals surface area contributed by atoms with E-state index in [4.69, 9.17) is 9.84 Å². The van der Waals surface area contributed by atoms with E-state index in [0.717, 1.165) is 49.0 Å². The number of aromatic nitrogens is 3. The van der Waals surface area contributed by atoms with E-state index >= 15 is 0 Å². The maximum atomic E-state index is 12.6. The van der Waals surface area contributed by atoms with E-state index in [2.05, 4.69) is 21.8 Å². The molecule has 0 N–H and O–H groups in total. The second-order valence-electron chi connectivity index (χ2n) is 9.57. The van der Waals surface area contributed by atoms with Crippen LogP contribution in [0.2, 0.25) is 0 Å². The molecule has 0 bridgehead atoms. The molecule has 162 valence electrons. The molecule has 3 heterocycles. The van der Waals surface area contributed by atoms with E-state index in [-0.39, 0.29) is 12.1 Å². The number of allylic oxidation sites excluding steroid dienone is 2. The highest BCUT2D eigenvalue weighted by molar-refractivity contribution is 5.88. The van der Waals surface area contributed by atoms with Crippen LogP contribution in [0.15, 0.2) is 24.4 Å². The monoisotopic (exact) mass is 410 g/mol. The predicted octanol–water partition coefficient (Wildman–Crippen LogP) is 5.74. The molecule has 6 nitrogen and oxygen atoms in total. The molecule has 0 saturated carbocycles. The number of fused-ring (bicyclic) bond motifs is 1. The summed E-state index contributed by atoms with van der Waals surface area (Å²) in [4.78, 5) is 19.1. The van der Waals surface area contributed by atoms with Gasteiger partial charge in [0.2, 0.25) is 0 Å². The Morgan fingerprint density at radius 2 is 2.00 bits per heavy atom. The average Bonchev–Trinajstić information content (AvgIpc) is 3.06. The lowest BCUT2D eigenvalue weighted by Crippen LogP contribution is -2.43. The van der Waals surface area contributed by atoms with Crippen LogP contribution in [0, 0.1) is 0 Å². The van der Waals surface area contributed by atoms with Crippen LogP contribution in [0.4, 0.5) is 4.79 Å².